The second-order valence-corrected chi connectivity index (χ2v) is 6.10. The standard InChI is InChI=1S/C12H22N2OS/c1-16-11-7-6-10(8-11)14-12(15)13-9-4-2-3-5-9/h9-11H,2-8H2,1H3,(H2,13,14,15). The van der Waals surface area contributed by atoms with E-state index in [9.17, 15) is 4.79 Å². The minimum Gasteiger partial charge on any atom is -0.335 e. The van der Waals surface area contributed by atoms with Crippen molar-refractivity contribution < 1.29 is 4.79 Å². The first kappa shape index (κ1) is 12.1. The van der Waals surface area contributed by atoms with Gasteiger partial charge in [-0.15, -0.1) is 0 Å². The molecule has 0 bridgehead atoms. The highest BCUT2D eigenvalue weighted by atomic mass is 32.2. The van der Waals surface area contributed by atoms with Crippen molar-refractivity contribution in [2.24, 2.45) is 0 Å². The molecule has 0 aromatic rings. The van der Waals surface area contributed by atoms with E-state index in [0.717, 1.165) is 30.9 Å². The molecular formula is C12H22N2OS. The van der Waals surface area contributed by atoms with Crippen molar-refractivity contribution >= 4 is 17.8 Å². The number of amides is 2. The van der Waals surface area contributed by atoms with Crippen LogP contribution in [0.5, 0.6) is 0 Å². The summed E-state index contributed by atoms with van der Waals surface area (Å²) in [6.07, 6.45) is 10.5. The van der Waals surface area contributed by atoms with Crippen LogP contribution in [0.3, 0.4) is 0 Å². The number of carbonyl (C=O) groups is 1. The molecule has 0 heterocycles. The molecule has 0 spiro atoms. The lowest BCUT2D eigenvalue weighted by atomic mass is 10.2. The maximum atomic E-state index is 11.7. The van der Waals surface area contributed by atoms with Gasteiger partial charge in [0, 0.05) is 17.3 Å². The van der Waals surface area contributed by atoms with Gasteiger partial charge in [-0.05, 0) is 38.4 Å². The molecule has 2 aliphatic carbocycles. The SMILES string of the molecule is CSC1CCC(NC(=O)NC2CCCC2)C1. The van der Waals surface area contributed by atoms with Gasteiger partial charge >= 0.3 is 6.03 Å². The summed E-state index contributed by atoms with van der Waals surface area (Å²) in [5.74, 6) is 0. The van der Waals surface area contributed by atoms with Crippen LogP contribution in [0.2, 0.25) is 0 Å². The molecule has 2 rings (SSSR count). The molecule has 2 unspecified atom stereocenters. The highest BCUT2D eigenvalue weighted by molar-refractivity contribution is 7.99. The maximum Gasteiger partial charge on any atom is 0.315 e. The second-order valence-electron chi connectivity index (χ2n) is 4.97. The van der Waals surface area contributed by atoms with Gasteiger partial charge in [0.1, 0.15) is 0 Å². The van der Waals surface area contributed by atoms with Gasteiger partial charge in [0.15, 0.2) is 0 Å². The topological polar surface area (TPSA) is 41.1 Å². The van der Waals surface area contributed by atoms with E-state index in [1.54, 1.807) is 0 Å². The Morgan fingerprint density at radius 3 is 2.38 bits per heavy atom. The fraction of sp³-hybridized carbons (Fsp3) is 0.917. The van der Waals surface area contributed by atoms with Crippen molar-refractivity contribution in [3.63, 3.8) is 0 Å². The van der Waals surface area contributed by atoms with Gasteiger partial charge < -0.3 is 10.6 Å². The molecule has 0 saturated heterocycles. The van der Waals surface area contributed by atoms with Gasteiger partial charge in [-0.2, -0.15) is 11.8 Å². The van der Waals surface area contributed by atoms with Crippen molar-refractivity contribution in [3.05, 3.63) is 0 Å². The molecule has 2 fully saturated rings. The number of carbonyl (C=O) groups excluding carboxylic acids is 1. The molecule has 3 nitrogen and oxygen atoms in total. The van der Waals surface area contributed by atoms with E-state index in [2.05, 4.69) is 16.9 Å². The van der Waals surface area contributed by atoms with Crippen LogP contribution in [-0.4, -0.2) is 29.6 Å². The Labute approximate surface area is 102 Å². The van der Waals surface area contributed by atoms with E-state index in [1.165, 1.54) is 19.3 Å². The van der Waals surface area contributed by atoms with Gasteiger partial charge in [-0.1, -0.05) is 12.8 Å². The lowest BCUT2D eigenvalue weighted by molar-refractivity contribution is 0.233. The zero-order chi connectivity index (χ0) is 11.4. The number of thioether (sulfide) groups is 1. The van der Waals surface area contributed by atoms with Crippen LogP contribution in [0.25, 0.3) is 0 Å². The van der Waals surface area contributed by atoms with E-state index < -0.39 is 0 Å². The average Bonchev–Trinajstić information content (AvgIpc) is 2.89. The molecule has 0 aliphatic heterocycles. The predicted octanol–water partition coefficient (Wildman–Crippen LogP) is 2.51. The summed E-state index contributed by atoms with van der Waals surface area (Å²) in [6, 6.07) is 0.884. The number of hydrogen-bond acceptors (Lipinski definition) is 2. The highest BCUT2D eigenvalue weighted by Crippen LogP contribution is 2.28. The zero-order valence-electron chi connectivity index (χ0n) is 10.00. The fourth-order valence-electron chi connectivity index (χ4n) is 2.77. The predicted molar refractivity (Wildman–Crippen MR) is 68.9 cm³/mol. The van der Waals surface area contributed by atoms with E-state index in [1.807, 2.05) is 11.8 Å². The Morgan fingerprint density at radius 2 is 1.75 bits per heavy atom. The van der Waals surface area contributed by atoms with Gasteiger partial charge in [0.05, 0.1) is 0 Å². The summed E-state index contributed by atoms with van der Waals surface area (Å²) in [4.78, 5) is 11.7. The van der Waals surface area contributed by atoms with Crippen molar-refractivity contribution in [2.45, 2.75) is 62.3 Å². The zero-order valence-corrected chi connectivity index (χ0v) is 10.8. The number of hydrogen-bond donors (Lipinski definition) is 2. The van der Waals surface area contributed by atoms with Crippen LogP contribution >= 0.6 is 11.8 Å². The van der Waals surface area contributed by atoms with Crippen LogP contribution in [0.1, 0.15) is 44.9 Å². The third kappa shape index (κ3) is 3.30. The summed E-state index contributed by atoms with van der Waals surface area (Å²) in [7, 11) is 0. The third-order valence-electron chi connectivity index (χ3n) is 3.74. The first-order valence-electron chi connectivity index (χ1n) is 6.37. The Balaban J connectivity index is 1.67. The summed E-state index contributed by atoms with van der Waals surface area (Å²) < 4.78 is 0. The van der Waals surface area contributed by atoms with Crippen LogP contribution in [0.15, 0.2) is 0 Å². The molecule has 92 valence electrons. The Bertz CT molecular complexity index is 241. The molecule has 2 aliphatic rings. The molecule has 0 aromatic heterocycles. The van der Waals surface area contributed by atoms with Crippen molar-refractivity contribution in [1.82, 2.24) is 10.6 Å². The number of nitrogens with one attached hydrogen (secondary N) is 2. The van der Waals surface area contributed by atoms with Crippen molar-refractivity contribution in [1.29, 1.82) is 0 Å². The number of rotatable bonds is 3. The van der Waals surface area contributed by atoms with Gasteiger partial charge in [0.25, 0.3) is 0 Å². The van der Waals surface area contributed by atoms with Crippen LogP contribution in [0, 0.1) is 0 Å². The van der Waals surface area contributed by atoms with E-state index in [0.29, 0.717) is 12.1 Å². The largest absolute Gasteiger partial charge is 0.335 e. The van der Waals surface area contributed by atoms with Crippen LogP contribution < -0.4 is 10.6 Å². The molecule has 2 N–H and O–H groups in total. The molecular weight excluding hydrogens is 220 g/mol. The van der Waals surface area contributed by atoms with Crippen LogP contribution in [-0.2, 0) is 0 Å². The lowest BCUT2D eigenvalue weighted by Gasteiger charge is -2.17. The Kier molecular flexibility index (Phi) is 4.38. The maximum absolute atomic E-state index is 11.7. The molecule has 4 heteroatoms. The van der Waals surface area contributed by atoms with Crippen molar-refractivity contribution in [2.75, 3.05) is 6.26 Å². The van der Waals surface area contributed by atoms with E-state index in [4.69, 9.17) is 0 Å². The Morgan fingerprint density at radius 1 is 1.06 bits per heavy atom. The van der Waals surface area contributed by atoms with Gasteiger partial charge in [-0.3, -0.25) is 0 Å². The molecule has 0 radical (unpaired) electrons. The summed E-state index contributed by atoms with van der Waals surface area (Å²) in [5.41, 5.74) is 0. The Hall–Kier alpha value is -0.380. The highest BCUT2D eigenvalue weighted by Gasteiger charge is 2.26. The fourth-order valence-corrected chi connectivity index (χ4v) is 3.56. The molecule has 2 amide bonds. The normalized spacial score (nSPS) is 30.6. The smallest absolute Gasteiger partial charge is 0.315 e. The molecule has 2 saturated carbocycles. The van der Waals surface area contributed by atoms with Crippen LogP contribution in [0.4, 0.5) is 4.79 Å². The van der Waals surface area contributed by atoms with Gasteiger partial charge in [-0.25, -0.2) is 4.79 Å². The summed E-state index contributed by atoms with van der Waals surface area (Å²) >= 11 is 1.92. The summed E-state index contributed by atoms with van der Waals surface area (Å²) in [5, 5.41) is 6.94. The first-order chi connectivity index (χ1) is 7.78. The van der Waals surface area contributed by atoms with E-state index >= 15 is 0 Å². The minimum atomic E-state index is 0.0543. The lowest BCUT2D eigenvalue weighted by Crippen LogP contribution is -2.44. The van der Waals surface area contributed by atoms with Gasteiger partial charge in [0.2, 0.25) is 0 Å². The molecule has 2 atom stereocenters. The first-order valence-corrected chi connectivity index (χ1v) is 7.66. The number of urea groups is 1. The van der Waals surface area contributed by atoms with Crippen molar-refractivity contribution in [3.8, 4) is 0 Å². The minimum absolute atomic E-state index is 0.0543. The third-order valence-corrected chi connectivity index (χ3v) is 4.84. The monoisotopic (exact) mass is 242 g/mol. The average molecular weight is 242 g/mol. The quantitative estimate of drug-likeness (QED) is 0.798. The molecule has 0 aromatic carbocycles. The summed E-state index contributed by atoms with van der Waals surface area (Å²) in [6.45, 7) is 0. The second kappa shape index (κ2) is 5.80. The van der Waals surface area contributed by atoms with E-state index in [-0.39, 0.29) is 6.03 Å². The molecule has 16 heavy (non-hydrogen) atoms.